The molecule has 2 amide bonds. The molecule has 4 rings (SSSR count). The molecule has 3 aromatic rings. The molecule has 1 fully saturated rings. The van der Waals surface area contributed by atoms with E-state index in [1.54, 1.807) is 65.3 Å². The lowest BCUT2D eigenvalue weighted by molar-refractivity contribution is 0.0651. The molecule has 1 saturated heterocycles. The van der Waals surface area contributed by atoms with E-state index in [4.69, 9.17) is 21.1 Å². The molecule has 1 aromatic heterocycles. The number of hydrogen-bond donors (Lipinski definition) is 1. The lowest BCUT2D eigenvalue weighted by Crippen LogP contribution is -2.41. The molecular formula is C24H25ClN4O4. The van der Waals surface area contributed by atoms with Gasteiger partial charge in [0.05, 0.1) is 11.1 Å². The fourth-order valence-electron chi connectivity index (χ4n) is 3.32. The first-order valence-corrected chi connectivity index (χ1v) is 11.1. The number of aromatic nitrogens is 2. The summed E-state index contributed by atoms with van der Waals surface area (Å²) in [5, 5.41) is 7.22. The van der Waals surface area contributed by atoms with Gasteiger partial charge >= 0.3 is 0 Å². The van der Waals surface area contributed by atoms with E-state index in [0.29, 0.717) is 39.2 Å². The third-order valence-corrected chi connectivity index (χ3v) is 5.31. The molecule has 0 bridgehead atoms. The van der Waals surface area contributed by atoms with Crippen LogP contribution >= 0.6 is 11.6 Å². The summed E-state index contributed by atoms with van der Waals surface area (Å²) in [6.07, 6.45) is 2.66. The number of hydrogen-bond acceptors (Lipinski definition) is 5. The number of likely N-dealkylation sites (tertiary alicyclic amines) is 1. The summed E-state index contributed by atoms with van der Waals surface area (Å²) in [6.45, 7) is 5.32. The number of carbonyl (C=O) groups is 2. The molecule has 0 saturated carbocycles. The summed E-state index contributed by atoms with van der Waals surface area (Å²) < 4.78 is 13.4. The predicted molar refractivity (Wildman–Crippen MR) is 125 cm³/mol. The molecule has 0 aliphatic carbocycles. The number of rotatable bonds is 7. The number of aryl methyl sites for hydroxylation is 1. The number of nitrogens with zero attached hydrogens (tertiary/aromatic N) is 3. The van der Waals surface area contributed by atoms with E-state index in [0.717, 1.165) is 19.5 Å². The SMILES string of the molecule is CC(C)Oc1cc(Oc2ccc(C(=O)N3CCC3)cc2Cl)cc(C(=O)Nc2ccn(C)n2)c1. The van der Waals surface area contributed by atoms with E-state index in [-0.39, 0.29) is 17.9 Å². The maximum atomic E-state index is 12.8. The van der Waals surface area contributed by atoms with E-state index in [1.807, 2.05) is 13.8 Å². The van der Waals surface area contributed by atoms with Gasteiger partial charge in [0.15, 0.2) is 5.82 Å². The van der Waals surface area contributed by atoms with Gasteiger partial charge < -0.3 is 19.7 Å². The van der Waals surface area contributed by atoms with Gasteiger partial charge in [-0.2, -0.15) is 5.10 Å². The van der Waals surface area contributed by atoms with Crippen LogP contribution in [-0.2, 0) is 7.05 Å². The van der Waals surface area contributed by atoms with Crippen LogP contribution in [0, 0.1) is 0 Å². The number of amides is 2. The largest absolute Gasteiger partial charge is 0.491 e. The Morgan fingerprint density at radius 1 is 1.06 bits per heavy atom. The topological polar surface area (TPSA) is 85.7 Å². The first-order chi connectivity index (χ1) is 15.8. The normalized spacial score (nSPS) is 12.9. The molecule has 1 aliphatic heterocycles. The second-order valence-electron chi connectivity index (χ2n) is 8.08. The van der Waals surface area contributed by atoms with Crippen molar-refractivity contribution in [2.45, 2.75) is 26.4 Å². The van der Waals surface area contributed by atoms with E-state index >= 15 is 0 Å². The van der Waals surface area contributed by atoms with Crippen molar-refractivity contribution in [1.82, 2.24) is 14.7 Å². The molecule has 0 atom stereocenters. The number of nitrogens with one attached hydrogen (secondary N) is 1. The Morgan fingerprint density at radius 3 is 2.42 bits per heavy atom. The fourth-order valence-corrected chi connectivity index (χ4v) is 3.54. The highest BCUT2D eigenvalue weighted by Gasteiger charge is 2.22. The minimum atomic E-state index is -0.352. The third-order valence-electron chi connectivity index (χ3n) is 5.02. The van der Waals surface area contributed by atoms with E-state index in [1.165, 1.54) is 0 Å². The second-order valence-corrected chi connectivity index (χ2v) is 8.49. The van der Waals surface area contributed by atoms with Gasteiger partial charge in [-0.15, -0.1) is 0 Å². The van der Waals surface area contributed by atoms with Gasteiger partial charge in [0.25, 0.3) is 11.8 Å². The molecule has 1 aliphatic rings. The lowest BCUT2D eigenvalue weighted by Gasteiger charge is -2.31. The van der Waals surface area contributed by atoms with Crippen molar-refractivity contribution >= 4 is 29.2 Å². The monoisotopic (exact) mass is 468 g/mol. The zero-order valence-corrected chi connectivity index (χ0v) is 19.4. The maximum Gasteiger partial charge on any atom is 0.257 e. The molecule has 0 radical (unpaired) electrons. The number of ether oxygens (including phenoxy) is 2. The zero-order chi connectivity index (χ0) is 23.5. The Hall–Kier alpha value is -3.52. The molecule has 0 unspecified atom stereocenters. The molecule has 0 spiro atoms. The Morgan fingerprint density at radius 2 is 1.82 bits per heavy atom. The summed E-state index contributed by atoms with van der Waals surface area (Å²) in [7, 11) is 1.77. The van der Waals surface area contributed by atoms with Crippen molar-refractivity contribution in [2.24, 2.45) is 7.05 Å². The first kappa shape index (κ1) is 22.7. The number of carbonyl (C=O) groups excluding carboxylic acids is 2. The van der Waals surface area contributed by atoms with Crippen LogP contribution in [0.3, 0.4) is 0 Å². The minimum Gasteiger partial charge on any atom is -0.491 e. The van der Waals surface area contributed by atoms with Crippen LogP contribution in [0.25, 0.3) is 0 Å². The van der Waals surface area contributed by atoms with Gasteiger partial charge in [0, 0.05) is 49.6 Å². The number of anilines is 1. The summed E-state index contributed by atoms with van der Waals surface area (Å²) in [5.74, 6) is 1.27. The Balaban J connectivity index is 1.57. The Bertz CT molecular complexity index is 1190. The first-order valence-electron chi connectivity index (χ1n) is 10.7. The van der Waals surface area contributed by atoms with Gasteiger partial charge in [-0.3, -0.25) is 14.3 Å². The highest BCUT2D eigenvalue weighted by molar-refractivity contribution is 6.32. The van der Waals surface area contributed by atoms with Crippen molar-refractivity contribution in [3.63, 3.8) is 0 Å². The van der Waals surface area contributed by atoms with Crippen molar-refractivity contribution in [3.8, 4) is 17.2 Å². The summed E-state index contributed by atoms with van der Waals surface area (Å²) in [5.41, 5.74) is 0.855. The van der Waals surface area contributed by atoms with Gasteiger partial charge in [-0.1, -0.05) is 11.6 Å². The molecule has 2 heterocycles. The van der Waals surface area contributed by atoms with Crippen LogP contribution in [-0.4, -0.2) is 45.7 Å². The molecule has 9 heteroatoms. The van der Waals surface area contributed by atoms with Crippen LogP contribution < -0.4 is 14.8 Å². The highest BCUT2D eigenvalue weighted by atomic mass is 35.5. The van der Waals surface area contributed by atoms with Crippen molar-refractivity contribution in [1.29, 1.82) is 0 Å². The second kappa shape index (κ2) is 9.54. The summed E-state index contributed by atoms with van der Waals surface area (Å²) in [6, 6.07) is 11.6. The Kier molecular flexibility index (Phi) is 6.55. The zero-order valence-electron chi connectivity index (χ0n) is 18.7. The highest BCUT2D eigenvalue weighted by Crippen LogP contribution is 2.33. The smallest absolute Gasteiger partial charge is 0.257 e. The van der Waals surface area contributed by atoms with Crippen molar-refractivity contribution in [2.75, 3.05) is 18.4 Å². The fraction of sp³-hybridized carbons (Fsp3) is 0.292. The quantitative estimate of drug-likeness (QED) is 0.540. The van der Waals surface area contributed by atoms with Crippen molar-refractivity contribution < 1.29 is 19.1 Å². The van der Waals surface area contributed by atoms with Crippen LogP contribution in [0.5, 0.6) is 17.2 Å². The number of halogens is 1. The van der Waals surface area contributed by atoms with Gasteiger partial charge in [0.1, 0.15) is 17.2 Å². The Labute approximate surface area is 197 Å². The van der Waals surface area contributed by atoms with Crippen LogP contribution in [0.4, 0.5) is 5.82 Å². The molecule has 1 N–H and O–H groups in total. The van der Waals surface area contributed by atoms with Crippen molar-refractivity contribution in [3.05, 3.63) is 64.8 Å². The predicted octanol–water partition coefficient (Wildman–Crippen LogP) is 4.75. The standard InChI is InChI=1S/C24H25ClN4O4/c1-15(2)32-18-11-17(23(30)26-22-7-10-28(3)27-22)12-19(14-18)33-21-6-5-16(13-20(21)25)24(31)29-8-4-9-29/h5-7,10-15H,4,8-9H2,1-3H3,(H,26,27,30). The number of benzene rings is 2. The maximum absolute atomic E-state index is 12.8. The molecule has 2 aromatic carbocycles. The average Bonchev–Trinajstić information content (AvgIpc) is 3.12. The van der Waals surface area contributed by atoms with Gasteiger partial charge in [-0.05, 0) is 50.6 Å². The molecule has 33 heavy (non-hydrogen) atoms. The van der Waals surface area contributed by atoms with Crippen LogP contribution in [0.15, 0.2) is 48.7 Å². The summed E-state index contributed by atoms with van der Waals surface area (Å²) >= 11 is 6.41. The van der Waals surface area contributed by atoms with Gasteiger partial charge in [-0.25, -0.2) is 0 Å². The van der Waals surface area contributed by atoms with E-state index in [2.05, 4.69) is 10.4 Å². The minimum absolute atomic E-state index is 0.0458. The van der Waals surface area contributed by atoms with Crippen LogP contribution in [0.2, 0.25) is 5.02 Å². The lowest BCUT2D eigenvalue weighted by atomic mass is 10.1. The molecule has 172 valence electrons. The summed E-state index contributed by atoms with van der Waals surface area (Å²) in [4.78, 5) is 27.0. The molecular weight excluding hydrogens is 444 g/mol. The average molecular weight is 469 g/mol. The molecule has 8 nitrogen and oxygen atoms in total. The van der Waals surface area contributed by atoms with Crippen LogP contribution in [0.1, 0.15) is 41.0 Å². The third kappa shape index (κ3) is 5.46. The van der Waals surface area contributed by atoms with E-state index < -0.39 is 0 Å². The van der Waals surface area contributed by atoms with Gasteiger partial charge in [0.2, 0.25) is 0 Å². The van der Waals surface area contributed by atoms with E-state index in [9.17, 15) is 9.59 Å².